The van der Waals surface area contributed by atoms with E-state index in [0.717, 1.165) is 19.9 Å². The summed E-state index contributed by atoms with van der Waals surface area (Å²) >= 11 is 2.22. The van der Waals surface area contributed by atoms with Crippen molar-refractivity contribution in [2.24, 2.45) is 0 Å². The first-order chi connectivity index (χ1) is 10.1. The van der Waals surface area contributed by atoms with Gasteiger partial charge in [0.05, 0.1) is 5.56 Å². The molecule has 3 rings (SSSR count). The van der Waals surface area contributed by atoms with E-state index in [-0.39, 0.29) is 5.97 Å². The highest BCUT2D eigenvalue weighted by atomic mass is 127. The molecule has 0 fully saturated rings. The van der Waals surface area contributed by atoms with Gasteiger partial charge in [0.25, 0.3) is 0 Å². The Kier molecular flexibility index (Phi) is 3.92. The molecule has 0 aromatic heterocycles. The molecule has 3 aromatic rings. The van der Waals surface area contributed by atoms with Crippen LogP contribution in [-0.4, -0.2) is 5.97 Å². The molecule has 21 heavy (non-hydrogen) atoms. The van der Waals surface area contributed by atoms with Gasteiger partial charge >= 0.3 is 5.97 Å². The molecule has 0 aliphatic rings. The predicted octanol–water partition coefficient (Wildman–Crippen LogP) is 4.97. The standard InChI is InChI=1S/C18H13IO2/c1-12-9-10-14(11-16(12)19)18(20)21-17-8-4-6-13-5-2-3-7-15(13)17/h2-11H,1H3. The van der Waals surface area contributed by atoms with Crippen molar-refractivity contribution in [2.45, 2.75) is 6.92 Å². The molecule has 104 valence electrons. The zero-order chi connectivity index (χ0) is 14.8. The highest BCUT2D eigenvalue weighted by Gasteiger charge is 2.11. The van der Waals surface area contributed by atoms with Gasteiger partial charge in [0.15, 0.2) is 0 Å². The molecule has 0 atom stereocenters. The van der Waals surface area contributed by atoms with Gasteiger partial charge in [-0.2, -0.15) is 0 Å². The third-order valence-electron chi connectivity index (χ3n) is 3.36. The first-order valence-electron chi connectivity index (χ1n) is 6.61. The quantitative estimate of drug-likeness (QED) is 0.352. The number of rotatable bonds is 2. The van der Waals surface area contributed by atoms with E-state index in [4.69, 9.17) is 4.74 Å². The van der Waals surface area contributed by atoms with Crippen molar-refractivity contribution in [3.05, 3.63) is 75.4 Å². The molecule has 0 bridgehead atoms. The molecule has 0 spiro atoms. The molecule has 3 heteroatoms. The van der Waals surface area contributed by atoms with Gasteiger partial charge in [-0.25, -0.2) is 4.79 Å². The number of carbonyl (C=O) groups excluding carboxylic acids is 1. The van der Waals surface area contributed by atoms with E-state index in [2.05, 4.69) is 22.6 Å². The zero-order valence-corrected chi connectivity index (χ0v) is 13.6. The Hall–Kier alpha value is -1.88. The minimum atomic E-state index is -0.329. The van der Waals surface area contributed by atoms with E-state index in [1.54, 1.807) is 6.07 Å². The smallest absolute Gasteiger partial charge is 0.343 e. The van der Waals surface area contributed by atoms with Crippen LogP contribution >= 0.6 is 22.6 Å². The van der Waals surface area contributed by atoms with Crippen molar-refractivity contribution < 1.29 is 9.53 Å². The summed E-state index contributed by atoms with van der Waals surface area (Å²) in [6.07, 6.45) is 0. The first-order valence-corrected chi connectivity index (χ1v) is 7.69. The minimum absolute atomic E-state index is 0.329. The fourth-order valence-electron chi connectivity index (χ4n) is 2.16. The van der Waals surface area contributed by atoms with E-state index in [1.807, 2.05) is 61.5 Å². The van der Waals surface area contributed by atoms with Crippen LogP contribution in [0.25, 0.3) is 10.8 Å². The molecule has 0 N–H and O–H groups in total. The number of esters is 1. The van der Waals surface area contributed by atoms with Gasteiger partial charge in [-0.3, -0.25) is 0 Å². The summed E-state index contributed by atoms with van der Waals surface area (Å²) in [5.74, 6) is 0.262. The second-order valence-corrected chi connectivity index (χ2v) is 5.99. The third-order valence-corrected chi connectivity index (χ3v) is 4.52. The Morgan fingerprint density at radius 2 is 1.76 bits per heavy atom. The monoisotopic (exact) mass is 388 g/mol. The van der Waals surface area contributed by atoms with Crippen molar-refractivity contribution in [3.8, 4) is 5.75 Å². The summed E-state index contributed by atoms with van der Waals surface area (Å²) < 4.78 is 6.62. The molecule has 0 heterocycles. The van der Waals surface area contributed by atoms with Gasteiger partial charge in [-0.1, -0.05) is 42.5 Å². The maximum atomic E-state index is 12.3. The molecular weight excluding hydrogens is 375 g/mol. The molecule has 0 aliphatic carbocycles. The van der Waals surface area contributed by atoms with Crippen LogP contribution in [0.5, 0.6) is 5.75 Å². The van der Waals surface area contributed by atoms with Crippen LogP contribution in [0.1, 0.15) is 15.9 Å². The third kappa shape index (κ3) is 2.93. The highest BCUT2D eigenvalue weighted by Crippen LogP contribution is 2.26. The lowest BCUT2D eigenvalue weighted by molar-refractivity contribution is 0.0737. The first kappa shape index (κ1) is 14.1. The van der Waals surface area contributed by atoms with Gasteiger partial charge in [-0.05, 0) is 58.7 Å². The SMILES string of the molecule is Cc1ccc(C(=O)Oc2cccc3ccccc23)cc1I. The van der Waals surface area contributed by atoms with Gasteiger partial charge in [0.1, 0.15) is 5.75 Å². The van der Waals surface area contributed by atoms with Crippen molar-refractivity contribution >= 4 is 39.3 Å². The van der Waals surface area contributed by atoms with Gasteiger partial charge < -0.3 is 4.74 Å². The second kappa shape index (κ2) is 5.85. The van der Waals surface area contributed by atoms with Crippen LogP contribution in [0, 0.1) is 10.5 Å². The predicted molar refractivity (Wildman–Crippen MR) is 92.8 cm³/mol. The molecule has 0 aliphatic heterocycles. The topological polar surface area (TPSA) is 26.3 Å². The molecule has 0 amide bonds. The number of halogens is 1. The summed E-state index contributed by atoms with van der Waals surface area (Å²) in [7, 11) is 0. The maximum absolute atomic E-state index is 12.3. The average molecular weight is 388 g/mol. The van der Waals surface area contributed by atoms with E-state index in [9.17, 15) is 4.79 Å². The number of carbonyl (C=O) groups is 1. The lowest BCUT2D eigenvalue weighted by atomic mass is 10.1. The largest absolute Gasteiger partial charge is 0.422 e. The number of ether oxygens (including phenoxy) is 1. The number of fused-ring (bicyclic) bond motifs is 1. The molecular formula is C18H13IO2. The van der Waals surface area contributed by atoms with Crippen LogP contribution in [0.3, 0.4) is 0 Å². The van der Waals surface area contributed by atoms with Crippen molar-refractivity contribution in [1.82, 2.24) is 0 Å². The Morgan fingerprint density at radius 1 is 1.00 bits per heavy atom. The van der Waals surface area contributed by atoms with Gasteiger partial charge in [-0.15, -0.1) is 0 Å². The molecule has 3 aromatic carbocycles. The highest BCUT2D eigenvalue weighted by molar-refractivity contribution is 14.1. The summed E-state index contributed by atoms with van der Waals surface area (Å²) in [6, 6.07) is 19.2. The summed E-state index contributed by atoms with van der Waals surface area (Å²) in [6.45, 7) is 2.02. The van der Waals surface area contributed by atoms with Crippen LogP contribution in [0.15, 0.2) is 60.7 Å². The fourth-order valence-corrected chi connectivity index (χ4v) is 2.68. The Labute approximate surface area is 136 Å². The Morgan fingerprint density at radius 3 is 2.57 bits per heavy atom. The van der Waals surface area contributed by atoms with Crippen molar-refractivity contribution in [2.75, 3.05) is 0 Å². The fraction of sp³-hybridized carbons (Fsp3) is 0.0556. The van der Waals surface area contributed by atoms with E-state index in [0.29, 0.717) is 11.3 Å². The number of hydrogen-bond donors (Lipinski definition) is 0. The molecule has 2 nitrogen and oxygen atoms in total. The lowest BCUT2D eigenvalue weighted by Gasteiger charge is -2.08. The molecule has 0 radical (unpaired) electrons. The summed E-state index contributed by atoms with van der Waals surface area (Å²) in [5, 5.41) is 2.00. The van der Waals surface area contributed by atoms with Gasteiger partial charge in [0, 0.05) is 8.96 Å². The van der Waals surface area contributed by atoms with Gasteiger partial charge in [0.2, 0.25) is 0 Å². The molecule has 0 unspecified atom stereocenters. The van der Waals surface area contributed by atoms with Crippen molar-refractivity contribution in [3.63, 3.8) is 0 Å². The molecule has 0 saturated heterocycles. The van der Waals surface area contributed by atoms with E-state index >= 15 is 0 Å². The van der Waals surface area contributed by atoms with Crippen LogP contribution in [-0.2, 0) is 0 Å². The summed E-state index contributed by atoms with van der Waals surface area (Å²) in [5.41, 5.74) is 1.72. The number of aryl methyl sites for hydroxylation is 1. The average Bonchev–Trinajstić information content (AvgIpc) is 2.50. The lowest BCUT2D eigenvalue weighted by Crippen LogP contribution is -2.09. The minimum Gasteiger partial charge on any atom is -0.422 e. The second-order valence-electron chi connectivity index (χ2n) is 4.83. The van der Waals surface area contributed by atoms with Crippen LogP contribution in [0.2, 0.25) is 0 Å². The van der Waals surface area contributed by atoms with E-state index < -0.39 is 0 Å². The number of benzene rings is 3. The Balaban J connectivity index is 1.94. The van der Waals surface area contributed by atoms with Crippen LogP contribution in [0.4, 0.5) is 0 Å². The maximum Gasteiger partial charge on any atom is 0.343 e. The zero-order valence-electron chi connectivity index (χ0n) is 11.5. The molecule has 0 saturated carbocycles. The van der Waals surface area contributed by atoms with Crippen molar-refractivity contribution in [1.29, 1.82) is 0 Å². The summed E-state index contributed by atoms with van der Waals surface area (Å²) in [4.78, 5) is 12.3. The van der Waals surface area contributed by atoms with E-state index in [1.165, 1.54) is 0 Å². The van der Waals surface area contributed by atoms with Crippen LogP contribution < -0.4 is 4.74 Å². The normalized spacial score (nSPS) is 10.6. The Bertz CT molecular complexity index is 819. The number of hydrogen-bond acceptors (Lipinski definition) is 2.